The average molecular weight is 895 g/mol. The highest BCUT2D eigenvalue weighted by Gasteiger charge is 2.21. The minimum Gasteiger partial charge on any atom is -0.445 e. The first-order valence-electron chi connectivity index (χ1n) is 25.5. The third kappa shape index (κ3) is 29.3. The van der Waals surface area contributed by atoms with Gasteiger partial charge in [0.2, 0.25) is 0 Å². The molecule has 12 heteroatoms. The summed E-state index contributed by atoms with van der Waals surface area (Å²) >= 11 is 0. The number of nitro benzene ring substituents is 2. The Balaban J connectivity index is 1.68. The Hall–Kier alpha value is -4.22. The SMILES string of the molecule is CCCCCCCCC(CCCCCCCCCNC(=O)OCc1ccc([N+](=O)[O-])cc1)C(CCCCCCCC)CCCCCCCCCNC(=O)OCc1cccc([N+](=O)[O-])c1. The van der Waals surface area contributed by atoms with E-state index in [1.165, 1.54) is 191 Å². The fourth-order valence-corrected chi connectivity index (χ4v) is 8.69. The average Bonchev–Trinajstić information content (AvgIpc) is 3.29. The van der Waals surface area contributed by atoms with Crippen LogP contribution in [0.15, 0.2) is 48.5 Å². The fourth-order valence-electron chi connectivity index (χ4n) is 8.69. The minimum absolute atomic E-state index is 0.0102. The second-order valence-electron chi connectivity index (χ2n) is 18.0. The van der Waals surface area contributed by atoms with Gasteiger partial charge < -0.3 is 20.1 Å². The quantitative estimate of drug-likeness (QED) is 0.0378. The van der Waals surface area contributed by atoms with Crippen molar-refractivity contribution in [1.82, 2.24) is 10.6 Å². The van der Waals surface area contributed by atoms with Gasteiger partial charge in [0.05, 0.1) is 9.85 Å². The van der Waals surface area contributed by atoms with E-state index >= 15 is 0 Å². The molecule has 2 aromatic rings. The molecule has 2 atom stereocenters. The number of nitrogens with zero attached hydrogens (tertiary/aromatic N) is 2. The number of nitro groups is 2. The normalized spacial score (nSPS) is 12.1. The van der Waals surface area contributed by atoms with Crippen molar-refractivity contribution in [2.45, 2.75) is 220 Å². The Kier molecular flexibility index (Phi) is 33.3. The molecule has 2 amide bonds. The van der Waals surface area contributed by atoms with Gasteiger partial charge in [-0.05, 0) is 47.9 Å². The summed E-state index contributed by atoms with van der Waals surface area (Å²) in [5, 5.41) is 27.4. The van der Waals surface area contributed by atoms with Gasteiger partial charge in [0, 0.05) is 37.4 Å². The minimum atomic E-state index is -0.488. The largest absolute Gasteiger partial charge is 0.445 e. The molecule has 362 valence electrons. The van der Waals surface area contributed by atoms with E-state index in [1.807, 2.05) is 0 Å². The third-order valence-electron chi connectivity index (χ3n) is 12.6. The summed E-state index contributed by atoms with van der Waals surface area (Å²) in [5.41, 5.74) is 1.32. The molecule has 0 saturated carbocycles. The maximum absolute atomic E-state index is 12.1. The molecule has 0 heterocycles. The van der Waals surface area contributed by atoms with E-state index < -0.39 is 22.0 Å². The highest BCUT2D eigenvalue weighted by molar-refractivity contribution is 5.67. The van der Waals surface area contributed by atoms with E-state index in [0.29, 0.717) is 24.2 Å². The first kappa shape index (κ1) is 55.9. The number of non-ortho nitro benzene ring substituents is 2. The molecule has 0 aromatic heterocycles. The van der Waals surface area contributed by atoms with Crippen LogP contribution in [0.3, 0.4) is 0 Å². The zero-order valence-electron chi connectivity index (χ0n) is 40.0. The first-order valence-corrected chi connectivity index (χ1v) is 25.5. The van der Waals surface area contributed by atoms with Crippen LogP contribution in [0.4, 0.5) is 21.0 Å². The third-order valence-corrected chi connectivity index (χ3v) is 12.6. The summed E-state index contributed by atoms with van der Waals surface area (Å²) in [6, 6.07) is 12.2. The van der Waals surface area contributed by atoms with E-state index in [4.69, 9.17) is 9.47 Å². The molecule has 2 aromatic carbocycles. The number of carbonyl (C=O) groups is 2. The molecule has 0 aliphatic rings. The van der Waals surface area contributed by atoms with E-state index in [0.717, 1.165) is 37.5 Å². The Morgan fingerprint density at radius 3 is 1.22 bits per heavy atom. The molecule has 12 nitrogen and oxygen atoms in total. The number of carbonyl (C=O) groups excluding carboxylic acids is 2. The van der Waals surface area contributed by atoms with Crippen LogP contribution in [0.5, 0.6) is 0 Å². The summed E-state index contributed by atoms with van der Waals surface area (Å²) in [7, 11) is 0. The number of amides is 2. The molecular weight excluding hydrogens is 809 g/mol. The van der Waals surface area contributed by atoms with Crippen LogP contribution in [0, 0.1) is 32.1 Å². The lowest BCUT2D eigenvalue weighted by atomic mass is 9.78. The standard InChI is InChI=1S/C52H86N4O8/c1-3-5-7-9-17-23-31-47(33-25-19-13-11-15-21-27-40-53-51(57)63-43-45-36-38-49(39-37-45)55(59)60)48(32-24-18-10-8-6-4-2)34-26-20-14-12-16-22-28-41-54-52(58)64-44-46-30-29-35-50(42-46)56(61)62/h29-30,35-39,42,47-48H,3-28,31-34,40-41,43-44H2,1-2H3,(H,53,57)(H,54,58). The first-order chi connectivity index (χ1) is 31.2. The van der Waals surface area contributed by atoms with Crippen molar-refractivity contribution in [3.63, 3.8) is 0 Å². The van der Waals surface area contributed by atoms with E-state index in [1.54, 1.807) is 24.3 Å². The van der Waals surface area contributed by atoms with Gasteiger partial charge in [-0.2, -0.15) is 0 Å². The predicted octanol–water partition coefficient (Wildman–Crippen LogP) is 15.6. The summed E-state index contributed by atoms with van der Waals surface area (Å²) in [6.07, 6.45) is 37.6. The van der Waals surface area contributed by atoms with Crippen molar-refractivity contribution in [3.05, 3.63) is 79.9 Å². The topological polar surface area (TPSA) is 163 Å². The van der Waals surface area contributed by atoms with Gasteiger partial charge >= 0.3 is 12.2 Å². The van der Waals surface area contributed by atoms with E-state index in [9.17, 15) is 29.8 Å². The molecule has 0 aliphatic heterocycles. The molecule has 0 fully saturated rings. The molecule has 0 bridgehead atoms. The van der Waals surface area contributed by atoms with Crippen molar-refractivity contribution in [3.8, 4) is 0 Å². The number of hydrogen-bond acceptors (Lipinski definition) is 8. The highest BCUT2D eigenvalue weighted by atomic mass is 16.6. The zero-order chi connectivity index (χ0) is 46.3. The van der Waals surface area contributed by atoms with Gasteiger partial charge in [-0.15, -0.1) is 0 Å². The van der Waals surface area contributed by atoms with Crippen molar-refractivity contribution in [2.75, 3.05) is 13.1 Å². The summed E-state index contributed by atoms with van der Waals surface area (Å²) in [5.74, 6) is 1.69. The monoisotopic (exact) mass is 895 g/mol. The maximum atomic E-state index is 12.1. The Morgan fingerprint density at radius 1 is 0.469 bits per heavy atom. The molecule has 0 radical (unpaired) electrons. The zero-order valence-corrected chi connectivity index (χ0v) is 40.0. The van der Waals surface area contributed by atoms with Crippen LogP contribution in [0.2, 0.25) is 0 Å². The number of unbranched alkanes of at least 4 members (excludes halogenated alkanes) is 22. The summed E-state index contributed by atoms with van der Waals surface area (Å²) in [4.78, 5) is 45.1. The smallest absolute Gasteiger partial charge is 0.407 e. The lowest BCUT2D eigenvalue weighted by Crippen LogP contribution is -2.25. The molecule has 2 unspecified atom stereocenters. The van der Waals surface area contributed by atoms with Crippen LogP contribution in [-0.4, -0.2) is 35.1 Å². The van der Waals surface area contributed by atoms with Gasteiger partial charge in [-0.3, -0.25) is 20.2 Å². The van der Waals surface area contributed by atoms with Crippen molar-refractivity contribution in [1.29, 1.82) is 0 Å². The Morgan fingerprint density at radius 2 is 0.828 bits per heavy atom. The van der Waals surface area contributed by atoms with Gasteiger partial charge in [0.25, 0.3) is 11.4 Å². The van der Waals surface area contributed by atoms with Gasteiger partial charge in [0.15, 0.2) is 0 Å². The lowest BCUT2D eigenvalue weighted by molar-refractivity contribution is -0.385. The molecule has 0 aliphatic carbocycles. The lowest BCUT2D eigenvalue weighted by Gasteiger charge is -2.28. The van der Waals surface area contributed by atoms with Crippen LogP contribution < -0.4 is 10.6 Å². The Labute approximate surface area is 386 Å². The second-order valence-corrected chi connectivity index (χ2v) is 18.0. The fraction of sp³-hybridized carbons (Fsp3) is 0.731. The van der Waals surface area contributed by atoms with E-state index in [-0.39, 0.29) is 24.6 Å². The molecule has 0 saturated heterocycles. The predicted molar refractivity (Wildman–Crippen MR) is 259 cm³/mol. The summed E-state index contributed by atoms with van der Waals surface area (Å²) in [6.45, 7) is 5.85. The molecule has 64 heavy (non-hydrogen) atoms. The van der Waals surface area contributed by atoms with Gasteiger partial charge in [-0.1, -0.05) is 206 Å². The number of ether oxygens (including phenoxy) is 2. The van der Waals surface area contributed by atoms with Crippen molar-refractivity contribution in [2.24, 2.45) is 11.8 Å². The number of hydrogen-bond donors (Lipinski definition) is 2. The van der Waals surface area contributed by atoms with Crippen molar-refractivity contribution >= 4 is 23.6 Å². The van der Waals surface area contributed by atoms with Gasteiger partial charge in [0.1, 0.15) is 13.2 Å². The van der Waals surface area contributed by atoms with Crippen LogP contribution in [0.1, 0.15) is 218 Å². The van der Waals surface area contributed by atoms with Crippen LogP contribution in [0.25, 0.3) is 0 Å². The van der Waals surface area contributed by atoms with E-state index in [2.05, 4.69) is 24.5 Å². The number of alkyl carbamates (subject to hydrolysis) is 2. The van der Waals surface area contributed by atoms with Crippen LogP contribution in [-0.2, 0) is 22.7 Å². The number of nitrogens with one attached hydrogen (secondary N) is 2. The second kappa shape index (κ2) is 38.1. The number of benzene rings is 2. The summed E-state index contributed by atoms with van der Waals surface area (Å²) < 4.78 is 10.5. The molecular formula is C52H86N4O8. The molecule has 2 N–H and O–H groups in total. The Bertz CT molecular complexity index is 1510. The molecule has 0 spiro atoms. The van der Waals surface area contributed by atoms with Gasteiger partial charge in [-0.25, -0.2) is 9.59 Å². The highest BCUT2D eigenvalue weighted by Crippen LogP contribution is 2.34. The maximum Gasteiger partial charge on any atom is 0.407 e. The van der Waals surface area contributed by atoms with Crippen molar-refractivity contribution < 1.29 is 28.9 Å². The van der Waals surface area contributed by atoms with Crippen LogP contribution >= 0.6 is 0 Å². The molecule has 2 rings (SSSR count). The number of rotatable bonds is 41.